The van der Waals surface area contributed by atoms with Crippen LogP contribution in [0.5, 0.6) is 0 Å². The second kappa shape index (κ2) is 8.30. The van der Waals surface area contributed by atoms with Crippen LogP contribution in [0, 0.1) is 13.8 Å². The molecule has 1 aromatic carbocycles. The standard InChI is InChI=1S/C21H23N3O5/c1-5-28-21(27)16-10-12(2)24(13(16)3)11-18(25)29-14(4)19-22-17-9-7-6-8-15(17)20(26)23-19/h6-10,14H,5,11H2,1-4H3,(H,22,23,26)/t14-/m0/s1. The number of aromatic nitrogens is 3. The molecule has 29 heavy (non-hydrogen) atoms. The summed E-state index contributed by atoms with van der Waals surface area (Å²) in [6.45, 7) is 7.14. The molecule has 1 atom stereocenters. The zero-order valence-corrected chi connectivity index (χ0v) is 16.8. The molecule has 0 aliphatic carbocycles. The molecule has 2 aromatic heterocycles. The van der Waals surface area contributed by atoms with E-state index in [-0.39, 0.29) is 24.5 Å². The van der Waals surface area contributed by atoms with Crippen molar-refractivity contribution in [2.75, 3.05) is 6.61 Å². The number of aryl methyl sites for hydroxylation is 1. The Labute approximate surface area is 167 Å². The highest BCUT2D eigenvalue weighted by atomic mass is 16.5. The maximum absolute atomic E-state index is 12.5. The van der Waals surface area contributed by atoms with Crippen LogP contribution in [0.1, 0.15) is 47.5 Å². The molecule has 3 rings (SSSR count). The molecular weight excluding hydrogens is 374 g/mol. The van der Waals surface area contributed by atoms with Gasteiger partial charge >= 0.3 is 11.9 Å². The normalized spacial score (nSPS) is 12.0. The molecular formula is C21H23N3O5. The van der Waals surface area contributed by atoms with Crippen LogP contribution in [-0.2, 0) is 20.8 Å². The molecule has 8 heteroatoms. The van der Waals surface area contributed by atoms with Gasteiger partial charge in [-0.25, -0.2) is 9.78 Å². The summed E-state index contributed by atoms with van der Waals surface area (Å²) in [6, 6.07) is 8.64. The van der Waals surface area contributed by atoms with E-state index in [1.807, 2.05) is 0 Å². The molecule has 0 fully saturated rings. The predicted molar refractivity (Wildman–Crippen MR) is 107 cm³/mol. The van der Waals surface area contributed by atoms with E-state index < -0.39 is 18.0 Å². The Hall–Kier alpha value is -3.42. The van der Waals surface area contributed by atoms with Gasteiger partial charge in [0.2, 0.25) is 0 Å². The van der Waals surface area contributed by atoms with Crippen LogP contribution in [0.25, 0.3) is 10.9 Å². The van der Waals surface area contributed by atoms with Gasteiger partial charge in [0.25, 0.3) is 5.56 Å². The summed E-state index contributed by atoms with van der Waals surface area (Å²) in [5, 5.41) is 0.472. The smallest absolute Gasteiger partial charge is 0.339 e. The van der Waals surface area contributed by atoms with Crippen molar-refractivity contribution in [2.45, 2.75) is 40.3 Å². The summed E-state index contributed by atoms with van der Waals surface area (Å²) in [5.41, 5.74) is 2.04. The topological polar surface area (TPSA) is 103 Å². The summed E-state index contributed by atoms with van der Waals surface area (Å²) in [4.78, 5) is 43.7. The number of esters is 2. The van der Waals surface area contributed by atoms with Gasteiger partial charge in [0.15, 0.2) is 11.9 Å². The third-order valence-corrected chi connectivity index (χ3v) is 4.68. The minimum Gasteiger partial charge on any atom is -0.462 e. The maximum Gasteiger partial charge on any atom is 0.339 e. The van der Waals surface area contributed by atoms with Gasteiger partial charge in [-0.15, -0.1) is 0 Å². The highest BCUT2D eigenvalue weighted by molar-refractivity contribution is 5.91. The fraction of sp³-hybridized carbons (Fsp3) is 0.333. The van der Waals surface area contributed by atoms with Crippen molar-refractivity contribution in [3.63, 3.8) is 0 Å². The van der Waals surface area contributed by atoms with Crippen LogP contribution in [0.4, 0.5) is 0 Å². The van der Waals surface area contributed by atoms with Gasteiger partial charge in [-0.05, 0) is 45.9 Å². The van der Waals surface area contributed by atoms with Crippen molar-refractivity contribution < 1.29 is 19.1 Å². The van der Waals surface area contributed by atoms with Crippen LogP contribution >= 0.6 is 0 Å². The number of nitrogens with zero attached hydrogens (tertiary/aromatic N) is 2. The summed E-state index contributed by atoms with van der Waals surface area (Å²) < 4.78 is 12.2. The Bertz CT molecular complexity index is 1130. The molecule has 3 aromatic rings. The number of ether oxygens (including phenoxy) is 2. The number of hydrogen-bond acceptors (Lipinski definition) is 6. The fourth-order valence-electron chi connectivity index (χ4n) is 3.18. The largest absolute Gasteiger partial charge is 0.462 e. The molecule has 8 nitrogen and oxygen atoms in total. The highest BCUT2D eigenvalue weighted by Gasteiger charge is 2.20. The number of benzene rings is 1. The van der Waals surface area contributed by atoms with E-state index in [0.29, 0.717) is 22.2 Å². The molecule has 0 saturated heterocycles. The Kier molecular flexibility index (Phi) is 5.81. The first-order chi connectivity index (χ1) is 13.8. The molecule has 0 radical (unpaired) electrons. The highest BCUT2D eigenvalue weighted by Crippen LogP contribution is 2.18. The van der Waals surface area contributed by atoms with Crippen LogP contribution in [0.2, 0.25) is 0 Å². The molecule has 0 aliphatic heterocycles. The second-order valence-electron chi connectivity index (χ2n) is 6.69. The summed E-state index contributed by atoms with van der Waals surface area (Å²) in [7, 11) is 0. The van der Waals surface area contributed by atoms with E-state index in [2.05, 4.69) is 9.97 Å². The third-order valence-electron chi connectivity index (χ3n) is 4.68. The van der Waals surface area contributed by atoms with Gasteiger partial charge in [0, 0.05) is 11.4 Å². The van der Waals surface area contributed by atoms with Crippen LogP contribution in [0.15, 0.2) is 35.1 Å². The van der Waals surface area contributed by atoms with E-state index in [1.54, 1.807) is 62.6 Å². The minimum absolute atomic E-state index is 0.0702. The van der Waals surface area contributed by atoms with Crippen LogP contribution in [-0.4, -0.2) is 33.1 Å². The lowest BCUT2D eigenvalue weighted by Gasteiger charge is -2.15. The average Bonchev–Trinajstić information content (AvgIpc) is 2.96. The maximum atomic E-state index is 12.5. The lowest BCUT2D eigenvalue weighted by atomic mass is 10.2. The summed E-state index contributed by atoms with van der Waals surface area (Å²) in [6.07, 6.45) is -0.736. The molecule has 0 aliphatic rings. The van der Waals surface area contributed by atoms with E-state index >= 15 is 0 Å². The van der Waals surface area contributed by atoms with Crippen molar-refractivity contribution >= 4 is 22.8 Å². The molecule has 0 spiro atoms. The Morgan fingerprint density at radius 2 is 1.97 bits per heavy atom. The molecule has 2 heterocycles. The minimum atomic E-state index is -0.736. The lowest BCUT2D eigenvalue weighted by Crippen LogP contribution is -2.20. The number of fused-ring (bicyclic) bond motifs is 1. The first-order valence-electron chi connectivity index (χ1n) is 9.34. The number of rotatable bonds is 6. The average molecular weight is 397 g/mol. The van der Waals surface area contributed by atoms with E-state index in [4.69, 9.17) is 9.47 Å². The zero-order chi connectivity index (χ0) is 21.1. The van der Waals surface area contributed by atoms with Crippen LogP contribution < -0.4 is 5.56 Å². The van der Waals surface area contributed by atoms with Gasteiger partial charge in [-0.1, -0.05) is 12.1 Å². The fourth-order valence-corrected chi connectivity index (χ4v) is 3.18. The van der Waals surface area contributed by atoms with E-state index in [0.717, 1.165) is 5.69 Å². The second-order valence-corrected chi connectivity index (χ2v) is 6.69. The van der Waals surface area contributed by atoms with E-state index in [9.17, 15) is 14.4 Å². The van der Waals surface area contributed by atoms with Crippen molar-refractivity contribution in [1.82, 2.24) is 14.5 Å². The molecule has 0 unspecified atom stereocenters. The zero-order valence-electron chi connectivity index (χ0n) is 16.8. The molecule has 0 saturated carbocycles. The third kappa shape index (κ3) is 4.21. The SMILES string of the molecule is CCOC(=O)c1cc(C)n(CC(=O)O[C@@H](C)c2nc3ccccc3c(=O)[nH]2)c1C. The Morgan fingerprint density at radius 1 is 1.24 bits per heavy atom. The van der Waals surface area contributed by atoms with Crippen molar-refractivity contribution in [2.24, 2.45) is 0 Å². The molecule has 0 amide bonds. The monoisotopic (exact) mass is 397 g/mol. The van der Waals surface area contributed by atoms with Gasteiger partial charge in [0.05, 0.1) is 23.1 Å². The number of H-pyrrole nitrogens is 1. The number of nitrogens with one attached hydrogen (secondary N) is 1. The van der Waals surface area contributed by atoms with Gasteiger partial charge in [-0.2, -0.15) is 0 Å². The Balaban J connectivity index is 1.76. The van der Waals surface area contributed by atoms with E-state index in [1.165, 1.54) is 0 Å². The number of para-hydroxylation sites is 1. The van der Waals surface area contributed by atoms with Gasteiger partial charge < -0.3 is 19.0 Å². The number of carbonyl (C=O) groups is 2. The van der Waals surface area contributed by atoms with Gasteiger partial charge in [-0.3, -0.25) is 9.59 Å². The van der Waals surface area contributed by atoms with Crippen molar-refractivity contribution in [3.05, 3.63) is 63.5 Å². The number of hydrogen-bond donors (Lipinski definition) is 1. The summed E-state index contributed by atoms with van der Waals surface area (Å²) in [5.74, 6) is -0.660. The molecule has 1 N–H and O–H groups in total. The summed E-state index contributed by atoms with van der Waals surface area (Å²) >= 11 is 0. The van der Waals surface area contributed by atoms with Crippen molar-refractivity contribution in [1.29, 1.82) is 0 Å². The van der Waals surface area contributed by atoms with Crippen LogP contribution in [0.3, 0.4) is 0 Å². The first kappa shape index (κ1) is 20.3. The molecule has 0 bridgehead atoms. The predicted octanol–water partition coefficient (Wildman–Crippen LogP) is 2.82. The molecule has 152 valence electrons. The van der Waals surface area contributed by atoms with Gasteiger partial charge in [0.1, 0.15) is 6.54 Å². The first-order valence-corrected chi connectivity index (χ1v) is 9.34. The van der Waals surface area contributed by atoms with Crippen molar-refractivity contribution in [3.8, 4) is 0 Å². The number of aromatic amines is 1. The number of carbonyl (C=O) groups excluding carboxylic acids is 2. The quantitative estimate of drug-likeness (QED) is 0.642. The lowest BCUT2D eigenvalue weighted by molar-refractivity contribution is -0.149. The Morgan fingerprint density at radius 3 is 2.69 bits per heavy atom.